The van der Waals surface area contributed by atoms with E-state index in [2.05, 4.69) is 40.3 Å². The van der Waals surface area contributed by atoms with Crippen LogP contribution in [0.1, 0.15) is 65.2 Å². The molecule has 1 aliphatic carbocycles. The fraction of sp³-hybridized carbons (Fsp3) is 0.556. The maximum atomic E-state index is 12.7. The summed E-state index contributed by atoms with van der Waals surface area (Å²) in [6.45, 7) is 7.70. The first-order valence-corrected chi connectivity index (χ1v) is 13.6. The molecular formula is C27H34N4O2S. The van der Waals surface area contributed by atoms with Gasteiger partial charge in [0.2, 0.25) is 0 Å². The molecule has 0 radical (unpaired) electrons. The fourth-order valence-corrected chi connectivity index (χ4v) is 7.41. The van der Waals surface area contributed by atoms with Crippen LogP contribution in [0.25, 0.3) is 10.9 Å². The first-order chi connectivity index (χ1) is 16.5. The van der Waals surface area contributed by atoms with E-state index < -0.39 is 0 Å². The van der Waals surface area contributed by atoms with Crippen LogP contribution in [-0.4, -0.2) is 52.8 Å². The monoisotopic (exact) mass is 478 g/mol. The van der Waals surface area contributed by atoms with Gasteiger partial charge in [0, 0.05) is 52.3 Å². The number of likely N-dealkylation sites (tertiary alicyclic amines) is 1. The molecule has 1 amide bonds. The first kappa shape index (κ1) is 22.3. The Morgan fingerprint density at radius 3 is 3.06 bits per heavy atom. The molecule has 3 aliphatic rings. The van der Waals surface area contributed by atoms with Gasteiger partial charge in [-0.3, -0.25) is 9.89 Å². The molecule has 34 heavy (non-hydrogen) atoms. The van der Waals surface area contributed by atoms with Gasteiger partial charge < -0.3 is 15.0 Å². The summed E-state index contributed by atoms with van der Waals surface area (Å²) in [6.07, 6.45) is 8.28. The number of fused-ring (bicyclic) bond motifs is 3. The zero-order chi connectivity index (χ0) is 23.3. The Morgan fingerprint density at radius 2 is 2.24 bits per heavy atom. The van der Waals surface area contributed by atoms with Crippen LogP contribution in [-0.2, 0) is 23.2 Å². The third kappa shape index (κ3) is 3.97. The lowest BCUT2D eigenvalue weighted by atomic mass is 9.76. The number of nitrogens with one attached hydrogen (secondary N) is 2. The van der Waals surface area contributed by atoms with Gasteiger partial charge in [0.1, 0.15) is 0 Å². The van der Waals surface area contributed by atoms with Crippen LogP contribution in [0.5, 0.6) is 0 Å². The molecular weight excluding hydrogens is 444 g/mol. The molecule has 1 saturated carbocycles. The number of aromatic amines is 1. The number of nitrogens with zero attached hydrogens (tertiary/aromatic N) is 2. The predicted octanol–water partition coefficient (Wildman–Crippen LogP) is 4.65. The number of amides is 1. The number of ether oxygens (including phenoxy) is 1. The molecule has 2 atom stereocenters. The number of benzene rings is 1. The minimum absolute atomic E-state index is 0.0145. The second-order valence-corrected chi connectivity index (χ2v) is 11.7. The molecule has 3 aromatic rings. The third-order valence-electron chi connectivity index (χ3n) is 8.23. The molecule has 0 bridgehead atoms. The van der Waals surface area contributed by atoms with E-state index >= 15 is 0 Å². The Labute approximate surface area is 205 Å². The number of aryl methyl sites for hydroxylation is 1. The second-order valence-electron chi connectivity index (χ2n) is 10.5. The lowest BCUT2D eigenvalue weighted by Gasteiger charge is -2.49. The lowest BCUT2D eigenvalue weighted by Crippen LogP contribution is -2.54. The molecule has 180 valence electrons. The van der Waals surface area contributed by atoms with Gasteiger partial charge in [0.25, 0.3) is 5.91 Å². The average Bonchev–Trinajstić information content (AvgIpc) is 3.46. The third-order valence-corrected chi connectivity index (χ3v) is 9.57. The Morgan fingerprint density at radius 1 is 1.35 bits per heavy atom. The second kappa shape index (κ2) is 8.77. The van der Waals surface area contributed by atoms with Crippen LogP contribution >= 0.6 is 11.3 Å². The van der Waals surface area contributed by atoms with Crippen molar-refractivity contribution in [3.8, 4) is 0 Å². The molecule has 1 aromatic carbocycles. The Bertz CT molecular complexity index is 1200. The highest BCUT2D eigenvalue weighted by molar-refractivity contribution is 7.12. The van der Waals surface area contributed by atoms with E-state index in [-0.39, 0.29) is 17.6 Å². The van der Waals surface area contributed by atoms with Crippen LogP contribution in [0.15, 0.2) is 30.5 Å². The number of hydrogen-bond acceptors (Lipinski definition) is 5. The molecule has 4 heterocycles. The topological polar surface area (TPSA) is 70.2 Å². The number of thiophene rings is 1. The smallest absolute Gasteiger partial charge is 0.251 e. The van der Waals surface area contributed by atoms with Crippen molar-refractivity contribution in [3.05, 3.63) is 51.3 Å². The minimum Gasteiger partial charge on any atom is -0.370 e. The maximum Gasteiger partial charge on any atom is 0.251 e. The minimum atomic E-state index is -0.0701. The predicted molar refractivity (Wildman–Crippen MR) is 135 cm³/mol. The Balaban J connectivity index is 1.02. The van der Waals surface area contributed by atoms with E-state index in [0.29, 0.717) is 17.5 Å². The highest BCUT2D eigenvalue weighted by atomic mass is 32.1. The van der Waals surface area contributed by atoms with Gasteiger partial charge in [0.05, 0.1) is 23.9 Å². The maximum absolute atomic E-state index is 12.7. The highest BCUT2D eigenvalue weighted by Gasteiger charge is 2.45. The zero-order valence-electron chi connectivity index (χ0n) is 20.1. The first-order valence-electron chi connectivity index (χ1n) is 12.8. The molecule has 7 heteroatoms. The molecule has 1 spiro atoms. The van der Waals surface area contributed by atoms with Gasteiger partial charge in [-0.05, 0) is 68.7 Å². The SMILES string of the molecule is CCc1cc2c(s1)CCO[C@@]21CCN(CC2CC(NC(=O)c3ccc4cn[nH]c4c3)C2)[C@@H](C)C1. The fourth-order valence-electron chi connectivity index (χ4n) is 6.23. The summed E-state index contributed by atoms with van der Waals surface area (Å²) in [7, 11) is 0. The van der Waals surface area contributed by atoms with Crippen molar-refractivity contribution >= 4 is 28.1 Å². The van der Waals surface area contributed by atoms with Crippen molar-refractivity contribution in [2.24, 2.45) is 5.92 Å². The van der Waals surface area contributed by atoms with Gasteiger partial charge in [0.15, 0.2) is 0 Å². The molecule has 6 rings (SSSR count). The number of H-pyrrole nitrogens is 1. The van der Waals surface area contributed by atoms with Crippen LogP contribution in [0, 0.1) is 5.92 Å². The number of carbonyl (C=O) groups excluding carboxylic acids is 1. The van der Waals surface area contributed by atoms with E-state index in [1.165, 1.54) is 10.4 Å². The van der Waals surface area contributed by atoms with Crippen LogP contribution < -0.4 is 5.32 Å². The summed E-state index contributed by atoms with van der Waals surface area (Å²) in [5.74, 6) is 0.674. The summed E-state index contributed by atoms with van der Waals surface area (Å²) in [6, 6.07) is 8.94. The van der Waals surface area contributed by atoms with Crippen molar-refractivity contribution < 1.29 is 9.53 Å². The Hall–Kier alpha value is -2.22. The van der Waals surface area contributed by atoms with Crippen molar-refractivity contribution in [1.82, 2.24) is 20.4 Å². The molecule has 2 aromatic heterocycles. The molecule has 2 N–H and O–H groups in total. The van der Waals surface area contributed by atoms with Crippen LogP contribution in [0.3, 0.4) is 0 Å². The molecule has 2 aliphatic heterocycles. The van der Waals surface area contributed by atoms with Crippen molar-refractivity contribution in [2.75, 3.05) is 19.7 Å². The number of hydrogen-bond donors (Lipinski definition) is 2. The van der Waals surface area contributed by atoms with Gasteiger partial charge in [-0.15, -0.1) is 11.3 Å². The zero-order valence-corrected chi connectivity index (χ0v) is 20.9. The van der Waals surface area contributed by atoms with E-state index in [1.54, 1.807) is 11.1 Å². The largest absolute Gasteiger partial charge is 0.370 e. The van der Waals surface area contributed by atoms with Gasteiger partial charge in [-0.2, -0.15) is 5.10 Å². The number of aromatic nitrogens is 2. The highest BCUT2D eigenvalue weighted by Crippen LogP contribution is 2.46. The molecule has 2 fully saturated rings. The molecule has 0 unspecified atom stereocenters. The molecule has 1 saturated heterocycles. The summed E-state index contributed by atoms with van der Waals surface area (Å²) in [5, 5.41) is 11.2. The van der Waals surface area contributed by atoms with Crippen LogP contribution in [0.2, 0.25) is 0 Å². The summed E-state index contributed by atoms with van der Waals surface area (Å²) in [4.78, 5) is 18.4. The summed E-state index contributed by atoms with van der Waals surface area (Å²) in [5.41, 5.74) is 3.02. The number of carbonyl (C=O) groups is 1. The normalized spacial score (nSPS) is 29.2. The van der Waals surface area contributed by atoms with E-state index in [1.807, 2.05) is 29.5 Å². The van der Waals surface area contributed by atoms with Crippen molar-refractivity contribution in [1.29, 1.82) is 0 Å². The van der Waals surface area contributed by atoms with Gasteiger partial charge in [-0.25, -0.2) is 0 Å². The lowest BCUT2D eigenvalue weighted by molar-refractivity contribution is -0.114. The van der Waals surface area contributed by atoms with E-state index in [9.17, 15) is 4.79 Å². The number of piperidine rings is 1. The molecule has 6 nitrogen and oxygen atoms in total. The van der Waals surface area contributed by atoms with Crippen LogP contribution in [0.4, 0.5) is 0 Å². The number of rotatable bonds is 5. The van der Waals surface area contributed by atoms with Gasteiger partial charge in [-0.1, -0.05) is 13.0 Å². The van der Waals surface area contributed by atoms with E-state index in [4.69, 9.17) is 4.74 Å². The standard InChI is InChI=1S/C27H34N4O2S/c1-3-22-13-23-25(34-22)6-9-33-27(23)7-8-31(17(2)14-27)16-18-10-21(11-18)29-26(32)19-4-5-20-15-28-30-24(20)12-19/h4-5,12-13,15,17-18,21H,3,6-11,14,16H2,1-2H3,(H,28,30)(H,29,32)/t17-,18?,21?,27+/m0/s1. The quantitative estimate of drug-likeness (QED) is 0.560. The average molecular weight is 479 g/mol. The van der Waals surface area contributed by atoms with E-state index in [0.717, 1.165) is 69.1 Å². The summed E-state index contributed by atoms with van der Waals surface area (Å²) >= 11 is 2.00. The summed E-state index contributed by atoms with van der Waals surface area (Å²) < 4.78 is 6.51. The van der Waals surface area contributed by atoms with Gasteiger partial charge >= 0.3 is 0 Å². The van der Waals surface area contributed by atoms with Crippen molar-refractivity contribution in [2.45, 2.75) is 70.1 Å². The Kier molecular flexibility index (Phi) is 5.74. The van der Waals surface area contributed by atoms with Crippen molar-refractivity contribution in [3.63, 3.8) is 0 Å².